The van der Waals surface area contributed by atoms with Gasteiger partial charge < -0.3 is 9.80 Å². The molecule has 1 heterocycles. The molecule has 2 atom stereocenters. The van der Waals surface area contributed by atoms with Crippen molar-refractivity contribution in [3.8, 4) is 0 Å². The Morgan fingerprint density at radius 3 is 1.66 bits per heavy atom. The van der Waals surface area contributed by atoms with Gasteiger partial charge in [-0.2, -0.15) is 0 Å². The molecule has 2 unspecified atom stereocenters. The van der Waals surface area contributed by atoms with Crippen molar-refractivity contribution >= 4 is 0 Å². The third-order valence-electron chi connectivity index (χ3n) is 7.90. The molecule has 1 aliphatic heterocycles. The fraction of sp³-hybridized carbons (Fsp3) is 0.576. The summed E-state index contributed by atoms with van der Waals surface area (Å²) in [5.74, 6) is 0.449. The van der Waals surface area contributed by atoms with Crippen LogP contribution in [-0.2, 0) is 6.42 Å². The first-order valence-corrected chi connectivity index (χ1v) is 14.6. The highest BCUT2D eigenvalue weighted by molar-refractivity contribution is 5.30. The van der Waals surface area contributed by atoms with E-state index < -0.39 is 0 Å². The Bertz CT molecular complexity index is 831. The van der Waals surface area contributed by atoms with E-state index in [4.69, 9.17) is 0 Å². The maximum absolute atomic E-state index is 2.74. The maximum atomic E-state index is 2.74. The van der Waals surface area contributed by atoms with Crippen LogP contribution < -0.4 is 0 Å². The topological polar surface area (TPSA) is 6.48 Å². The van der Waals surface area contributed by atoms with Crippen LogP contribution >= 0.6 is 0 Å². The van der Waals surface area contributed by atoms with Crippen molar-refractivity contribution < 1.29 is 0 Å². The third kappa shape index (κ3) is 7.38. The van der Waals surface area contributed by atoms with E-state index >= 15 is 0 Å². The molecule has 1 aliphatic rings. The zero-order chi connectivity index (χ0) is 24.8. The molecule has 0 N–H and O–H groups in total. The fourth-order valence-corrected chi connectivity index (χ4v) is 6.03. The molecule has 0 radical (unpaired) electrons. The lowest BCUT2D eigenvalue weighted by molar-refractivity contribution is -0.00373. The summed E-state index contributed by atoms with van der Waals surface area (Å²) in [6.45, 7) is 9.27. The van der Waals surface area contributed by atoms with Crippen LogP contribution in [0.15, 0.2) is 73.1 Å². The summed E-state index contributed by atoms with van der Waals surface area (Å²) in [5, 5.41) is 0. The highest BCUT2D eigenvalue weighted by atomic mass is 15.4. The van der Waals surface area contributed by atoms with Crippen molar-refractivity contribution in [2.24, 2.45) is 0 Å². The van der Waals surface area contributed by atoms with Crippen LogP contribution in [0.4, 0.5) is 0 Å². The lowest BCUT2D eigenvalue weighted by atomic mass is 9.78. The average molecular weight is 475 g/mol. The largest absolute Gasteiger partial charge is 0.353 e. The molecule has 0 aliphatic carbocycles. The van der Waals surface area contributed by atoms with Gasteiger partial charge in [-0.3, -0.25) is 0 Å². The van der Waals surface area contributed by atoms with Crippen LogP contribution in [0.2, 0.25) is 0 Å². The summed E-state index contributed by atoms with van der Waals surface area (Å²) in [4.78, 5) is 5.46. The second kappa shape index (κ2) is 15.0. The number of unbranched alkanes of at least 4 members (excludes halogenated alkanes) is 8. The number of rotatable bonds is 17. The lowest BCUT2D eigenvalue weighted by Gasteiger charge is -2.51. The first kappa shape index (κ1) is 27.4. The van der Waals surface area contributed by atoms with Gasteiger partial charge in [-0.05, 0) is 30.4 Å². The molecule has 0 amide bonds. The van der Waals surface area contributed by atoms with Gasteiger partial charge in [0.25, 0.3) is 0 Å². The summed E-state index contributed by atoms with van der Waals surface area (Å²) in [7, 11) is 0. The molecule has 2 nitrogen and oxygen atoms in total. The molecule has 0 saturated heterocycles. The third-order valence-corrected chi connectivity index (χ3v) is 7.90. The van der Waals surface area contributed by atoms with Crippen LogP contribution in [-0.4, -0.2) is 28.6 Å². The molecule has 0 fully saturated rings. The van der Waals surface area contributed by atoms with E-state index in [0.29, 0.717) is 5.92 Å². The van der Waals surface area contributed by atoms with E-state index in [2.05, 4.69) is 104 Å². The number of nitrogens with zero attached hydrogens (tertiary/aromatic N) is 2. The normalized spacial score (nSPS) is 18.4. The Morgan fingerprint density at radius 2 is 1.09 bits per heavy atom. The van der Waals surface area contributed by atoms with Crippen LogP contribution in [0.25, 0.3) is 0 Å². The second-order valence-corrected chi connectivity index (χ2v) is 10.4. The minimum Gasteiger partial charge on any atom is -0.353 e. The minimum absolute atomic E-state index is 0.0482. The van der Waals surface area contributed by atoms with Crippen molar-refractivity contribution in [2.75, 3.05) is 13.1 Å². The summed E-state index contributed by atoms with van der Waals surface area (Å²) in [6, 6.07) is 22.5. The van der Waals surface area contributed by atoms with Crippen molar-refractivity contribution in [2.45, 2.75) is 109 Å². The average Bonchev–Trinajstić information content (AvgIpc) is 3.22. The predicted molar refractivity (Wildman–Crippen MR) is 152 cm³/mol. The van der Waals surface area contributed by atoms with E-state index in [1.807, 2.05) is 0 Å². The molecule has 35 heavy (non-hydrogen) atoms. The predicted octanol–water partition coefficient (Wildman–Crippen LogP) is 9.15. The van der Waals surface area contributed by atoms with E-state index in [0.717, 1.165) is 25.9 Å². The first-order valence-electron chi connectivity index (χ1n) is 14.6. The highest BCUT2D eigenvalue weighted by Gasteiger charge is 2.49. The molecule has 192 valence electrons. The Kier molecular flexibility index (Phi) is 11.7. The van der Waals surface area contributed by atoms with Gasteiger partial charge in [-0.1, -0.05) is 133 Å². The quantitative estimate of drug-likeness (QED) is 0.211. The van der Waals surface area contributed by atoms with Gasteiger partial charge >= 0.3 is 0 Å². The Balaban J connectivity index is 1.89. The number of hydrogen-bond donors (Lipinski definition) is 0. The first-order chi connectivity index (χ1) is 17.3. The van der Waals surface area contributed by atoms with E-state index in [-0.39, 0.29) is 5.66 Å². The molecule has 2 aromatic carbocycles. The fourth-order valence-electron chi connectivity index (χ4n) is 6.03. The molecule has 0 spiro atoms. The lowest BCUT2D eigenvalue weighted by Crippen LogP contribution is -2.59. The molecule has 0 aromatic heterocycles. The Hall–Kier alpha value is -2.22. The molecular weight excluding hydrogens is 424 g/mol. The van der Waals surface area contributed by atoms with E-state index in [1.165, 1.54) is 75.3 Å². The van der Waals surface area contributed by atoms with Crippen LogP contribution in [0.5, 0.6) is 0 Å². The van der Waals surface area contributed by atoms with Crippen LogP contribution in [0.3, 0.4) is 0 Å². The van der Waals surface area contributed by atoms with Gasteiger partial charge in [0.2, 0.25) is 0 Å². The van der Waals surface area contributed by atoms with Crippen molar-refractivity contribution in [1.82, 2.24) is 9.80 Å². The van der Waals surface area contributed by atoms with Gasteiger partial charge in [0.1, 0.15) is 5.66 Å². The molecule has 3 rings (SSSR count). The summed E-state index contributed by atoms with van der Waals surface area (Å²) in [6.07, 6.45) is 20.4. The van der Waals surface area contributed by atoms with Crippen LogP contribution in [0, 0.1) is 0 Å². The SMILES string of the molecule is CCCCCCCCCN1C=CN(CCCCC)C1(Cc1ccccc1)C(CC)c1ccccc1. The monoisotopic (exact) mass is 474 g/mol. The smallest absolute Gasteiger partial charge is 0.123 e. The molecular formula is C33H50N2. The second-order valence-electron chi connectivity index (χ2n) is 10.4. The zero-order valence-electron chi connectivity index (χ0n) is 22.8. The summed E-state index contributed by atoms with van der Waals surface area (Å²) < 4.78 is 0. The summed E-state index contributed by atoms with van der Waals surface area (Å²) in [5.41, 5.74) is 2.86. The molecule has 2 aromatic rings. The van der Waals surface area contributed by atoms with Gasteiger partial charge in [-0.15, -0.1) is 0 Å². The van der Waals surface area contributed by atoms with E-state index in [1.54, 1.807) is 0 Å². The van der Waals surface area contributed by atoms with Gasteiger partial charge in [0, 0.05) is 37.8 Å². The van der Waals surface area contributed by atoms with Gasteiger partial charge in [0.15, 0.2) is 0 Å². The Labute approximate surface area is 216 Å². The molecule has 0 saturated carbocycles. The number of hydrogen-bond acceptors (Lipinski definition) is 2. The minimum atomic E-state index is -0.0482. The van der Waals surface area contributed by atoms with Gasteiger partial charge in [-0.25, -0.2) is 0 Å². The van der Waals surface area contributed by atoms with Crippen molar-refractivity contribution in [3.05, 3.63) is 84.2 Å². The van der Waals surface area contributed by atoms with Crippen molar-refractivity contribution in [1.29, 1.82) is 0 Å². The van der Waals surface area contributed by atoms with E-state index in [9.17, 15) is 0 Å². The van der Waals surface area contributed by atoms with Gasteiger partial charge in [0.05, 0.1) is 0 Å². The zero-order valence-corrected chi connectivity index (χ0v) is 22.8. The van der Waals surface area contributed by atoms with Crippen molar-refractivity contribution in [3.63, 3.8) is 0 Å². The Morgan fingerprint density at radius 1 is 0.600 bits per heavy atom. The number of benzene rings is 2. The van der Waals surface area contributed by atoms with Crippen LogP contribution in [0.1, 0.15) is 108 Å². The molecule has 2 heteroatoms. The standard InChI is InChI=1S/C33H50N2/c1-4-7-9-10-11-12-20-26-35-28-27-34(25-19-8-5-2)33(35,29-30-21-15-13-16-22-30)32(6-3)31-23-17-14-18-24-31/h13-18,21-24,27-28,32H,4-12,19-20,25-26,29H2,1-3H3. The summed E-state index contributed by atoms with van der Waals surface area (Å²) >= 11 is 0. The molecule has 0 bridgehead atoms. The maximum Gasteiger partial charge on any atom is 0.123 e. The highest BCUT2D eigenvalue weighted by Crippen LogP contribution is 2.45.